The molecule has 0 saturated carbocycles. The van der Waals surface area contributed by atoms with E-state index in [0.717, 1.165) is 4.90 Å². The van der Waals surface area contributed by atoms with E-state index in [1.807, 2.05) is 30.3 Å². The van der Waals surface area contributed by atoms with E-state index >= 15 is 0 Å². The van der Waals surface area contributed by atoms with Crippen LogP contribution in [-0.2, 0) is 4.79 Å². The molecule has 6 heteroatoms. The summed E-state index contributed by atoms with van der Waals surface area (Å²) in [5.74, 6) is 0.309. The molecule has 0 aromatic heterocycles. The van der Waals surface area contributed by atoms with Crippen LogP contribution in [0.25, 0.3) is 0 Å². The summed E-state index contributed by atoms with van der Waals surface area (Å²) in [6, 6.07) is 14.7. The van der Waals surface area contributed by atoms with Crippen molar-refractivity contribution in [2.75, 3.05) is 18.1 Å². The molecular formula is C17H17ClN2O2S. The first-order valence-corrected chi connectivity index (χ1v) is 8.46. The number of anilines is 1. The molecule has 0 radical (unpaired) electrons. The van der Waals surface area contributed by atoms with Gasteiger partial charge in [0.05, 0.1) is 10.7 Å². The van der Waals surface area contributed by atoms with Crippen molar-refractivity contribution >= 4 is 40.9 Å². The molecule has 0 heterocycles. The molecule has 0 atom stereocenters. The highest BCUT2D eigenvalue weighted by molar-refractivity contribution is 7.99. The van der Waals surface area contributed by atoms with E-state index in [1.165, 1.54) is 0 Å². The Balaban J connectivity index is 1.91. The molecule has 120 valence electrons. The van der Waals surface area contributed by atoms with Gasteiger partial charge in [-0.3, -0.25) is 9.59 Å². The van der Waals surface area contributed by atoms with E-state index < -0.39 is 0 Å². The van der Waals surface area contributed by atoms with E-state index in [4.69, 9.17) is 11.6 Å². The number of amides is 2. The van der Waals surface area contributed by atoms with Crippen LogP contribution < -0.4 is 10.6 Å². The Morgan fingerprint density at radius 3 is 2.57 bits per heavy atom. The molecular weight excluding hydrogens is 332 g/mol. The van der Waals surface area contributed by atoms with Crippen LogP contribution in [0.3, 0.4) is 0 Å². The number of carbonyl (C=O) groups excluding carboxylic acids is 2. The molecule has 2 amide bonds. The summed E-state index contributed by atoms with van der Waals surface area (Å²) >= 11 is 7.68. The summed E-state index contributed by atoms with van der Waals surface area (Å²) in [4.78, 5) is 24.8. The molecule has 0 fully saturated rings. The van der Waals surface area contributed by atoms with Gasteiger partial charge in [-0.05, 0) is 30.3 Å². The van der Waals surface area contributed by atoms with Crippen LogP contribution in [0.15, 0.2) is 53.4 Å². The predicted octanol–water partition coefficient (Wildman–Crippen LogP) is 3.82. The van der Waals surface area contributed by atoms with E-state index in [2.05, 4.69) is 10.6 Å². The topological polar surface area (TPSA) is 58.2 Å². The number of nitrogens with one attached hydrogen (secondary N) is 2. The van der Waals surface area contributed by atoms with Crippen molar-refractivity contribution in [3.63, 3.8) is 0 Å². The van der Waals surface area contributed by atoms with Gasteiger partial charge in [0.2, 0.25) is 5.91 Å². The van der Waals surface area contributed by atoms with Gasteiger partial charge in [0.1, 0.15) is 0 Å². The maximum Gasteiger partial charge on any atom is 0.251 e. The standard InChI is InChI=1S/C17H17ClN2O2S/c1-19-17(22)12-7-8-14(18)15(11-12)20-16(21)9-10-23-13-5-3-2-4-6-13/h2-8,11H,9-10H2,1H3,(H,19,22)(H,20,21). The predicted molar refractivity (Wildman–Crippen MR) is 95.3 cm³/mol. The number of hydrogen-bond acceptors (Lipinski definition) is 3. The van der Waals surface area contributed by atoms with Crippen LogP contribution in [-0.4, -0.2) is 24.6 Å². The SMILES string of the molecule is CNC(=O)c1ccc(Cl)c(NC(=O)CCSc2ccccc2)c1. The minimum Gasteiger partial charge on any atom is -0.355 e. The quantitative estimate of drug-likeness (QED) is 0.780. The molecule has 4 nitrogen and oxygen atoms in total. The highest BCUT2D eigenvalue weighted by atomic mass is 35.5. The third-order valence-electron chi connectivity index (χ3n) is 3.07. The minimum absolute atomic E-state index is 0.135. The molecule has 23 heavy (non-hydrogen) atoms. The molecule has 0 saturated heterocycles. The Morgan fingerprint density at radius 2 is 1.87 bits per heavy atom. The number of rotatable bonds is 6. The van der Waals surface area contributed by atoms with Gasteiger partial charge in [-0.2, -0.15) is 0 Å². The summed E-state index contributed by atoms with van der Waals surface area (Å²) in [5, 5.41) is 5.69. The summed E-state index contributed by atoms with van der Waals surface area (Å²) in [5.41, 5.74) is 0.897. The number of halogens is 1. The summed E-state index contributed by atoms with van der Waals surface area (Å²) in [7, 11) is 1.55. The van der Waals surface area contributed by atoms with Crippen molar-refractivity contribution in [3.05, 3.63) is 59.1 Å². The molecule has 2 rings (SSSR count). The largest absolute Gasteiger partial charge is 0.355 e. The lowest BCUT2D eigenvalue weighted by Gasteiger charge is -2.09. The fourth-order valence-electron chi connectivity index (χ4n) is 1.90. The number of carbonyl (C=O) groups is 2. The van der Waals surface area contributed by atoms with Crippen LogP contribution in [0.5, 0.6) is 0 Å². The molecule has 2 N–H and O–H groups in total. The number of benzene rings is 2. The maximum atomic E-state index is 12.0. The first-order chi connectivity index (χ1) is 11.1. The highest BCUT2D eigenvalue weighted by Crippen LogP contribution is 2.24. The van der Waals surface area contributed by atoms with Gasteiger partial charge < -0.3 is 10.6 Å². The molecule has 0 aliphatic carbocycles. The molecule has 0 spiro atoms. The van der Waals surface area contributed by atoms with Crippen molar-refractivity contribution in [1.29, 1.82) is 0 Å². The zero-order valence-electron chi connectivity index (χ0n) is 12.6. The first kappa shape index (κ1) is 17.4. The van der Waals surface area contributed by atoms with Crippen LogP contribution in [0.2, 0.25) is 5.02 Å². The van der Waals surface area contributed by atoms with Gasteiger partial charge in [0, 0.05) is 29.7 Å². The minimum atomic E-state index is -0.225. The number of thioether (sulfide) groups is 1. The lowest BCUT2D eigenvalue weighted by Crippen LogP contribution is -2.18. The molecule has 0 aliphatic rings. The van der Waals surface area contributed by atoms with Crippen molar-refractivity contribution < 1.29 is 9.59 Å². The second-order valence-electron chi connectivity index (χ2n) is 4.73. The van der Waals surface area contributed by atoms with Gasteiger partial charge in [0.25, 0.3) is 5.91 Å². The normalized spacial score (nSPS) is 10.2. The lowest BCUT2D eigenvalue weighted by molar-refractivity contribution is -0.115. The average molecular weight is 349 g/mol. The monoisotopic (exact) mass is 348 g/mol. The first-order valence-electron chi connectivity index (χ1n) is 7.09. The van der Waals surface area contributed by atoms with Crippen molar-refractivity contribution in [2.45, 2.75) is 11.3 Å². The maximum absolute atomic E-state index is 12.0. The van der Waals surface area contributed by atoms with E-state index in [9.17, 15) is 9.59 Å². The summed E-state index contributed by atoms with van der Waals surface area (Å²) in [6.45, 7) is 0. The van der Waals surface area contributed by atoms with Gasteiger partial charge in [-0.25, -0.2) is 0 Å². The third-order valence-corrected chi connectivity index (χ3v) is 4.41. The molecule has 2 aromatic rings. The molecule has 2 aromatic carbocycles. The van der Waals surface area contributed by atoms with Crippen LogP contribution in [0, 0.1) is 0 Å². The molecule has 0 unspecified atom stereocenters. The summed E-state index contributed by atoms with van der Waals surface area (Å²) in [6.07, 6.45) is 0.361. The Hall–Kier alpha value is -1.98. The van der Waals surface area contributed by atoms with E-state index in [-0.39, 0.29) is 11.8 Å². The van der Waals surface area contributed by atoms with Crippen LogP contribution >= 0.6 is 23.4 Å². The third kappa shape index (κ3) is 5.30. The van der Waals surface area contributed by atoms with Crippen LogP contribution in [0.4, 0.5) is 5.69 Å². The zero-order chi connectivity index (χ0) is 16.7. The van der Waals surface area contributed by atoms with Gasteiger partial charge in [-0.1, -0.05) is 29.8 Å². The molecule has 0 aliphatic heterocycles. The highest BCUT2D eigenvalue weighted by Gasteiger charge is 2.10. The molecule has 0 bridgehead atoms. The van der Waals surface area contributed by atoms with Crippen molar-refractivity contribution in [3.8, 4) is 0 Å². The van der Waals surface area contributed by atoms with Gasteiger partial charge >= 0.3 is 0 Å². The number of hydrogen-bond donors (Lipinski definition) is 2. The second kappa shape index (κ2) is 8.60. The average Bonchev–Trinajstić information content (AvgIpc) is 2.57. The van der Waals surface area contributed by atoms with Gasteiger partial charge in [-0.15, -0.1) is 11.8 Å². The smallest absolute Gasteiger partial charge is 0.251 e. The Bertz CT molecular complexity index is 692. The van der Waals surface area contributed by atoms with E-state index in [0.29, 0.717) is 28.4 Å². The lowest BCUT2D eigenvalue weighted by atomic mass is 10.2. The van der Waals surface area contributed by atoms with E-state index in [1.54, 1.807) is 37.0 Å². The Labute approximate surface area is 144 Å². The Kier molecular flexibility index (Phi) is 6.50. The fraction of sp³-hybridized carbons (Fsp3) is 0.176. The van der Waals surface area contributed by atoms with Crippen molar-refractivity contribution in [2.24, 2.45) is 0 Å². The summed E-state index contributed by atoms with van der Waals surface area (Å²) < 4.78 is 0. The Morgan fingerprint density at radius 1 is 1.13 bits per heavy atom. The van der Waals surface area contributed by atoms with Crippen LogP contribution in [0.1, 0.15) is 16.8 Å². The zero-order valence-corrected chi connectivity index (χ0v) is 14.2. The van der Waals surface area contributed by atoms with Gasteiger partial charge in [0.15, 0.2) is 0 Å². The second-order valence-corrected chi connectivity index (χ2v) is 6.31. The van der Waals surface area contributed by atoms with Crippen molar-refractivity contribution in [1.82, 2.24) is 5.32 Å². The fourth-order valence-corrected chi connectivity index (χ4v) is 2.94.